The number of nitrogens with two attached hydrogens (primary N) is 1. The van der Waals surface area contributed by atoms with E-state index in [0.29, 0.717) is 17.9 Å². The minimum absolute atomic E-state index is 0.0115. The molecule has 4 nitrogen and oxygen atoms in total. The van der Waals surface area contributed by atoms with Gasteiger partial charge in [0, 0.05) is 11.5 Å². The molecule has 0 saturated carbocycles. The molecule has 2 atom stereocenters. The summed E-state index contributed by atoms with van der Waals surface area (Å²) in [5.74, 6) is -0.375. The third-order valence-corrected chi connectivity index (χ3v) is 3.80. The number of rotatable bonds is 2. The first-order valence-electron chi connectivity index (χ1n) is 5.29. The van der Waals surface area contributed by atoms with Crippen molar-refractivity contribution in [2.75, 3.05) is 12.4 Å². The lowest BCUT2D eigenvalue weighted by Crippen LogP contribution is -2.31. The highest BCUT2D eigenvalue weighted by atomic mass is 32.2. The van der Waals surface area contributed by atoms with E-state index in [1.807, 2.05) is 6.92 Å². The topological polar surface area (TPSA) is 69.4 Å². The quantitative estimate of drug-likeness (QED) is 0.868. The molecule has 1 aliphatic rings. The standard InChI is InChI=1S/C11H14FNO3S/c1-7-5-16-11-3-2-8(12)4-9(11)10(7)6-17(13,14)15/h2-4,7,10H,5-6H2,1H3,(H2,13,14,15). The van der Waals surface area contributed by atoms with Crippen LogP contribution in [0.2, 0.25) is 0 Å². The average molecular weight is 259 g/mol. The van der Waals surface area contributed by atoms with Gasteiger partial charge < -0.3 is 4.74 Å². The van der Waals surface area contributed by atoms with Crippen molar-refractivity contribution in [3.8, 4) is 5.75 Å². The summed E-state index contributed by atoms with van der Waals surface area (Å²) in [6, 6.07) is 4.14. The predicted octanol–water partition coefficient (Wildman–Crippen LogP) is 1.23. The van der Waals surface area contributed by atoms with Crippen LogP contribution in [0.1, 0.15) is 18.4 Å². The maximum atomic E-state index is 13.2. The van der Waals surface area contributed by atoms with Gasteiger partial charge in [0.15, 0.2) is 0 Å². The second kappa shape index (κ2) is 4.27. The van der Waals surface area contributed by atoms with Crippen molar-refractivity contribution >= 4 is 10.0 Å². The Bertz CT molecular complexity index is 530. The maximum absolute atomic E-state index is 13.2. The van der Waals surface area contributed by atoms with E-state index in [9.17, 15) is 12.8 Å². The van der Waals surface area contributed by atoms with Gasteiger partial charge in [-0.15, -0.1) is 0 Å². The maximum Gasteiger partial charge on any atom is 0.209 e. The number of ether oxygens (including phenoxy) is 1. The summed E-state index contributed by atoms with van der Waals surface area (Å²) in [4.78, 5) is 0. The van der Waals surface area contributed by atoms with Crippen molar-refractivity contribution in [2.45, 2.75) is 12.8 Å². The fourth-order valence-electron chi connectivity index (χ4n) is 2.09. The number of sulfonamides is 1. The number of primary sulfonamides is 1. The Morgan fingerprint density at radius 3 is 2.88 bits per heavy atom. The highest BCUT2D eigenvalue weighted by Gasteiger charge is 2.31. The van der Waals surface area contributed by atoms with Crippen LogP contribution in [0.15, 0.2) is 18.2 Å². The van der Waals surface area contributed by atoms with E-state index in [1.54, 1.807) is 0 Å². The molecule has 94 valence electrons. The third-order valence-electron chi connectivity index (χ3n) is 2.97. The molecule has 0 radical (unpaired) electrons. The third kappa shape index (κ3) is 2.76. The van der Waals surface area contributed by atoms with Gasteiger partial charge in [-0.3, -0.25) is 0 Å². The number of hydrogen-bond acceptors (Lipinski definition) is 3. The lowest BCUT2D eigenvalue weighted by Gasteiger charge is -2.30. The summed E-state index contributed by atoms with van der Waals surface area (Å²) >= 11 is 0. The summed E-state index contributed by atoms with van der Waals surface area (Å²) in [6.07, 6.45) is 0. The molecule has 0 aliphatic carbocycles. The molecule has 0 aromatic heterocycles. The van der Waals surface area contributed by atoms with Crippen LogP contribution in [0, 0.1) is 11.7 Å². The summed E-state index contributed by atoms with van der Waals surface area (Å²) in [5.41, 5.74) is 0.581. The van der Waals surface area contributed by atoms with Crippen LogP contribution in [-0.4, -0.2) is 20.8 Å². The molecule has 6 heteroatoms. The summed E-state index contributed by atoms with van der Waals surface area (Å²) < 4.78 is 41.0. The first-order chi connectivity index (χ1) is 7.87. The normalized spacial score (nSPS) is 23.9. The Morgan fingerprint density at radius 1 is 1.53 bits per heavy atom. The molecule has 17 heavy (non-hydrogen) atoms. The van der Waals surface area contributed by atoms with Gasteiger partial charge in [-0.25, -0.2) is 17.9 Å². The Hall–Kier alpha value is -1.14. The van der Waals surface area contributed by atoms with Gasteiger partial charge in [-0.05, 0) is 24.1 Å². The summed E-state index contributed by atoms with van der Waals surface area (Å²) in [7, 11) is -3.59. The van der Waals surface area contributed by atoms with Gasteiger partial charge in [0.1, 0.15) is 11.6 Å². The van der Waals surface area contributed by atoms with Gasteiger partial charge in [0.25, 0.3) is 0 Å². The van der Waals surface area contributed by atoms with Crippen molar-refractivity contribution in [1.29, 1.82) is 0 Å². The van der Waals surface area contributed by atoms with Gasteiger partial charge in [0.05, 0.1) is 12.4 Å². The van der Waals surface area contributed by atoms with E-state index in [4.69, 9.17) is 9.88 Å². The number of benzene rings is 1. The Labute approximate surface area is 99.6 Å². The van der Waals surface area contributed by atoms with Crippen molar-refractivity contribution in [3.05, 3.63) is 29.6 Å². The van der Waals surface area contributed by atoms with E-state index in [2.05, 4.69) is 0 Å². The van der Waals surface area contributed by atoms with Gasteiger partial charge in [-0.1, -0.05) is 6.92 Å². The molecule has 2 rings (SSSR count). The number of halogens is 1. The predicted molar refractivity (Wildman–Crippen MR) is 61.8 cm³/mol. The smallest absolute Gasteiger partial charge is 0.209 e. The Kier molecular flexibility index (Phi) is 3.09. The fourth-order valence-corrected chi connectivity index (χ4v) is 3.10. The van der Waals surface area contributed by atoms with Crippen molar-refractivity contribution in [3.63, 3.8) is 0 Å². The number of hydrogen-bond donors (Lipinski definition) is 1. The largest absolute Gasteiger partial charge is 0.493 e. The molecule has 0 spiro atoms. The second-order valence-corrected chi connectivity index (χ2v) is 6.07. The van der Waals surface area contributed by atoms with E-state index < -0.39 is 15.8 Å². The van der Waals surface area contributed by atoms with Crippen molar-refractivity contribution < 1.29 is 17.5 Å². The first-order valence-corrected chi connectivity index (χ1v) is 7.01. The zero-order chi connectivity index (χ0) is 12.6. The van der Waals surface area contributed by atoms with Crippen molar-refractivity contribution in [2.24, 2.45) is 11.1 Å². The molecule has 0 amide bonds. The molecular weight excluding hydrogens is 245 g/mol. The molecule has 2 N–H and O–H groups in total. The van der Waals surface area contributed by atoms with Crippen LogP contribution in [-0.2, 0) is 10.0 Å². The van der Waals surface area contributed by atoms with Crippen molar-refractivity contribution in [1.82, 2.24) is 0 Å². The first kappa shape index (κ1) is 12.3. The SMILES string of the molecule is CC1COc2ccc(F)cc2C1CS(N)(=O)=O. The lowest BCUT2D eigenvalue weighted by molar-refractivity contribution is 0.211. The van der Waals surface area contributed by atoms with Crippen LogP contribution in [0.5, 0.6) is 5.75 Å². The summed E-state index contributed by atoms with van der Waals surface area (Å²) in [6.45, 7) is 2.28. The monoisotopic (exact) mass is 259 g/mol. The Morgan fingerprint density at radius 2 is 2.24 bits per heavy atom. The zero-order valence-electron chi connectivity index (χ0n) is 9.39. The highest BCUT2D eigenvalue weighted by Crippen LogP contribution is 2.37. The van der Waals surface area contributed by atoms with Crippen LogP contribution in [0.25, 0.3) is 0 Å². The molecule has 0 fully saturated rings. The summed E-state index contributed by atoms with van der Waals surface area (Å²) in [5, 5.41) is 5.06. The second-order valence-electron chi connectivity index (χ2n) is 4.41. The minimum Gasteiger partial charge on any atom is -0.493 e. The molecule has 0 bridgehead atoms. The van der Waals surface area contributed by atoms with E-state index in [-0.39, 0.29) is 17.6 Å². The van der Waals surface area contributed by atoms with Crippen LogP contribution >= 0.6 is 0 Å². The van der Waals surface area contributed by atoms with Gasteiger partial charge >= 0.3 is 0 Å². The number of fused-ring (bicyclic) bond motifs is 1. The molecule has 1 aromatic carbocycles. The van der Waals surface area contributed by atoms with E-state index >= 15 is 0 Å². The van der Waals surface area contributed by atoms with Gasteiger partial charge in [0.2, 0.25) is 10.0 Å². The molecule has 1 heterocycles. The molecule has 1 aromatic rings. The Balaban J connectivity index is 2.42. The molecule has 0 saturated heterocycles. The molecule has 2 unspecified atom stereocenters. The highest BCUT2D eigenvalue weighted by molar-refractivity contribution is 7.89. The molecule has 1 aliphatic heterocycles. The van der Waals surface area contributed by atoms with Crippen LogP contribution in [0.4, 0.5) is 4.39 Å². The zero-order valence-corrected chi connectivity index (χ0v) is 10.2. The average Bonchev–Trinajstić information content (AvgIpc) is 2.21. The van der Waals surface area contributed by atoms with Gasteiger partial charge in [-0.2, -0.15) is 0 Å². The van der Waals surface area contributed by atoms with E-state index in [0.717, 1.165) is 0 Å². The fraction of sp³-hybridized carbons (Fsp3) is 0.455. The van der Waals surface area contributed by atoms with Crippen LogP contribution < -0.4 is 9.88 Å². The molecular formula is C11H14FNO3S. The lowest BCUT2D eigenvalue weighted by atomic mass is 9.87. The minimum atomic E-state index is -3.59. The van der Waals surface area contributed by atoms with E-state index in [1.165, 1.54) is 18.2 Å². The van der Waals surface area contributed by atoms with Crippen LogP contribution in [0.3, 0.4) is 0 Å².